The zero-order chi connectivity index (χ0) is 16.9. The minimum atomic E-state index is -4.62. The van der Waals surface area contributed by atoms with Crippen LogP contribution >= 0.6 is 22.9 Å². The second-order valence-corrected chi connectivity index (χ2v) is 6.19. The zero-order valence-electron chi connectivity index (χ0n) is 11.6. The van der Waals surface area contributed by atoms with Gasteiger partial charge in [-0.05, 0) is 36.4 Å². The van der Waals surface area contributed by atoms with Crippen molar-refractivity contribution in [2.75, 3.05) is 0 Å². The zero-order valence-corrected chi connectivity index (χ0v) is 13.2. The Morgan fingerprint density at radius 2 is 1.71 bits per heavy atom. The van der Waals surface area contributed by atoms with Gasteiger partial charge in [0.25, 0.3) is 5.82 Å². The molecule has 4 rings (SSSR count). The van der Waals surface area contributed by atoms with Crippen molar-refractivity contribution in [3.05, 3.63) is 47.2 Å². The molecular weight excluding hydrogens is 365 g/mol. The summed E-state index contributed by atoms with van der Waals surface area (Å²) in [6.07, 6.45) is -4.62. The molecule has 24 heavy (non-hydrogen) atoms. The molecule has 3 aromatic heterocycles. The van der Waals surface area contributed by atoms with E-state index in [0.29, 0.717) is 21.1 Å². The summed E-state index contributed by atoms with van der Waals surface area (Å²) in [7, 11) is 0. The summed E-state index contributed by atoms with van der Waals surface area (Å²) in [5.74, 6) is -0.253. The van der Waals surface area contributed by atoms with Crippen molar-refractivity contribution >= 4 is 27.9 Å². The molecule has 0 spiro atoms. The van der Waals surface area contributed by atoms with Crippen LogP contribution in [0.15, 0.2) is 40.8 Å². The number of nitrogens with zero attached hydrogens (tertiary/aromatic N) is 4. The van der Waals surface area contributed by atoms with Crippen molar-refractivity contribution in [1.82, 2.24) is 19.8 Å². The SMILES string of the molecule is FC(F)(F)c1nnc2sc(-c3ccc(-c4ccc(Cl)cc4)o3)nn12. The van der Waals surface area contributed by atoms with Crippen LogP contribution in [-0.2, 0) is 6.18 Å². The Morgan fingerprint density at radius 1 is 1.00 bits per heavy atom. The Bertz CT molecular complexity index is 1020. The monoisotopic (exact) mass is 370 g/mol. The number of rotatable bonds is 2. The summed E-state index contributed by atoms with van der Waals surface area (Å²) < 4.78 is 44.8. The number of fused-ring (bicyclic) bond motifs is 1. The molecule has 0 amide bonds. The van der Waals surface area contributed by atoms with Crippen molar-refractivity contribution in [2.45, 2.75) is 6.18 Å². The van der Waals surface area contributed by atoms with Crippen LogP contribution in [0.5, 0.6) is 0 Å². The maximum absolute atomic E-state index is 12.8. The Hall–Kier alpha value is -2.39. The Balaban J connectivity index is 1.73. The maximum atomic E-state index is 12.8. The average Bonchev–Trinajstić information content (AvgIpc) is 3.21. The summed E-state index contributed by atoms with van der Waals surface area (Å²) in [5, 5.41) is 11.4. The van der Waals surface area contributed by atoms with Gasteiger partial charge in [-0.3, -0.25) is 0 Å². The lowest BCUT2D eigenvalue weighted by atomic mass is 10.2. The lowest BCUT2D eigenvalue weighted by Crippen LogP contribution is -2.11. The van der Waals surface area contributed by atoms with Crippen LogP contribution in [0.4, 0.5) is 13.2 Å². The van der Waals surface area contributed by atoms with Crippen LogP contribution in [-0.4, -0.2) is 19.8 Å². The molecule has 0 unspecified atom stereocenters. The average molecular weight is 371 g/mol. The van der Waals surface area contributed by atoms with Gasteiger partial charge in [0.1, 0.15) is 5.76 Å². The van der Waals surface area contributed by atoms with Crippen LogP contribution < -0.4 is 0 Å². The molecule has 122 valence electrons. The fourth-order valence-corrected chi connectivity index (χ4v) is 3.04. The standard InChI is InChI=1S/C14H6ClF3N4OS/c15-8-3-1-7(2-4-8)9-5-6-10(23-9)11-21-22-12(14(16,17)18)19-20-13(22)24-11/h1-6H. The van der Waals surface area contributed by atoms with Gasteiger partial charge in [-0.15, -0.1) is 15.3 Å². The molecule has 0 N–H and O–H groups in total. The number of aromatic nitrogens is 4. The fourth-order valence-electron chi connectivity index (χ4n) is 2.12. The topological polar surface area (TPSA) is 56.2 Å². The fraction of sp³-hybridized carbons (Fsp3) is 0.0714. The third-order valence-electron chi connectivity index (χ3n) is 3.19. The number of furan rings is 1. The van der Waals surface area contributed by atoms with Gasteiger partial charge in [-0.2, -0.15) is 17.7 Å². The maximum Gasteiger partial charge on any atom is 0.453 e. The van der Waals surface area contributed by atoms with Gasteiger partial charge in [0.05, 0.1) is 0 Å². The normalized spacial score (nSPS) is 12.2. The van der Waals surface area contributed by atoms with Gasteiger partial charge >= 0.3 is 6.18 Å². The second-order valence-electron chi connectivity index (χ2n) is 4.79. The minimum Gasteiger partial charge on any atom is -0.454 e. The molecule has 0 saturated carbocycles. The molecule has 0 aliphatic heterocycles. The van der Waals surface area contributed by atoms with Crippen molar-refractivity contribution < 1.29 is 17.6 Å². The molecule has 10 heteroatoms. The number of hydrogen-bond acceptors (Lipinski definition) is 5. The smallest absolute Gasteiger partial charge is 0.453 e. The van der Waals surface area contributed by atoms with E-state index in [1.165, 1.54) is 0 Å². The quantitative estimate of drug-likeness (QED) is 0.509. The van der Waals surface area contributed by atoms with Gasteiger partial charge in [0.15, 0.2) is 10.8 Å². The molecule has 0 fully saturated rings. The Labute approximate surface area is 141 Å². The third-order valence-corrected chi connectivity index (χ3v) is 4.36. The van der Waals surface area contributed by atoms with E-state index < -0.39 is 12.0 Å². The highest BCUT2D eigenvalue weighted by atomic mass is 35.5. The molecule has 0 atom stereocenters. The predicted molar refractivity (Wildman–Crippen MR) is 81.8 cm³/mol. The second kappa shape index (κ2) is 5.32. The van der Waals surface area contributed by atoms with Gasteiger partial charge in [0, 0.05) is 10.6 Å². The van der Waals surface area contributed by atoms with Gasteiger partial charge < -0.3 is 4.42 Å². The molecule has 4 aromatic rings. The van der Waals surface area contributed by atoms with E-state index in [1.54, 1.807) is 36.4 Å². The lowest BCUT2D eigenvalue weighted by molar-refractivity contribution is -0.146. The van der Waals surface area contributed by atoms with Gasteiger partial charge in [0.2, 0.25) is 4.96 Å². The number of halogens is 4. The summed E-state index contributed by atoms with van der Waals surface area (Å²) in [6, 6.07) is 10.4. The van der Waals surface area contributed by atoms with Crippen LogP contribution in [0.1, 0.15) is 5.82 Å². The third kappa shape index (κ3) is 2.55. The van der Waals surface area contributed by atoms with Crippen LogP contribution in [0.25, 0.3) is 27.1 Å². The summed E-state index contributed by atoms with van der Waals surface area (Å²) in [6.45, 7) is 0. The Kier molecular flexibility index (Phi) is 3.36. The molecule has 3 heterocycles. The number of hydrogen-bond donors (Lipinski definition) is 0. The van der Waals surface area contributed by atoms with E-state index in [-0.39, 0.29) is 9.97 Å². The molecule has 0 saturated heterocycles. The highest BCUT2D eigenvalue weighted by molar-refractivity contribution is 7.19. The molecule has 5 nitrogen and oxygen atoms in total. The number of benzene rings is 1. The Morgan fingerprint density at radius 3 is 2.42 bits per heavy atom. The van der Waals surface area contributed by atoms with E-state index in [2.05, 4.69) is 15.3 Å². The van der Waals surface area contributed by atoms with Crippen LogP contribution in [0.2, 0.25) is 5.02 Å². The van der Waals surface area contributed by atoms with Crippen molar-refractivity contribution in [3.8, 4) is 22.1 Å². The molecule has 0 aliphatic carbocycles. The largest absolute Gasteiger partial charge is 0.454 e. The summed E-state index contributed by atoms with van der Waals surface area (Å²) in [4.78, 5) is 0.0433. The van der Waals surface area contributed by atoms with E-state index in [0.717, 1.165) is 16.9 Å². The van der Waals surface area contributed by atoms with Gasteiger partial charge in [-0.1, -0.05) is 22.9 Å². The van der Waals surface area contributed by atoms with Crippen molar-refractivity contribution in [1.29, 1.82) is 0 Å². The highest BCUT2D eigenvalue weighted by Crippen LogP contribution is 2.34. The molecule has 0 bridgehead atoms. The van der Waals surface area contributed by atoms with E-state index >= 15 is 0 Å². The van der Waals surface area contributed by atoms with E-state index in [9.17, 15) is 13.2 Å². The number of alkyl halides is 3. The van der Waals surface area contributed by atoms with Crippen LogP contribution in [0.3, 0.4) is 0 Å². The molecule has 0 aliphatic rings. The van der Waals surface area contributed by atoms with Gasteiger partial charge in [-0.25, -0.2) is 0 Å². The first-order valence-electron chi connectivity index (χ1n) is 6.57. The first-order valence-corrected chi connectivity index (χ1v) is 7.77. The first kappa shape index (κ1) is 15.2. The van der Waals surface area contributed by atoms with E-state index in [1.807, 2.05) is 0 Å². The van der Waals surface area contributed by atoms with Crippen LogP contribution in [0, 0.1) is 0 Å². The first-order chi connectivity index (χ1) is 11.4. The van der Waals surface area contributed by atoms with Crippen molar-refractivity contribution in [2.24, 2.45) is 0 Å². The van der Waals surface area contributed by atoms with Crippen molar-refractivity contribution in [3.63, 3.8) is 0 Å². The highest BCUT2D eigenvalue weighted by Gasteiger charge is 2.38. The molecule has 1 aromatic carbocycles. The molecule has 0 radical (unpaired) electrons. The van der Waals surface area contributed by atoms with E-state index in [4.69, 9.17) is 16.0 Å². The molecular formula is C14H6ClF3N4OS. The minimum absolute atomic E-state index is 0.0433. The summed E-state index contributed by atoms with van der Waals surface area (Å²) >= 11 is 6.80. The predicted octanol–water partition coefficient (Wildman–Crippen LogP) is 4.79. The summed E-state index contributed by atoms with van der Waals surface area (Å²) in [5.41, 5.74) is 0.796. The lowest BCUT2D eigenvalue weighted by Gasteiger charge is -2.00.